The summed E-state index contributed by atoms with van der Waals surface area (Å²) in [6.45, 7) is 1.37. The van der Waals surface area contributed by atoms with Crippen molar-refractivity contribution in [2.45, 2.75) is 19.8 Å². The van der Waals surface area contributed by atoms with Crippen LogP contribution < -0.4 is 20.5 Å². The van der Waals surface area contributed by atoms with Crippen LogP contribution in [-0.2, 0) is 14.4 Å². The quantitative estimate of drug-likeness (QED) is 0.769. The van der Waals surface area contributed by atoms with E-state index in [0.29, 0.717) is 17.1 Å². The molecule has 1 rings (SSSR count). The van der Waals surface area contributed by atoms with E-state index in [-0.39, 0.29) is 18.7 Å². The van der Waals surface area contributed by atoms with E-state index >= 15 is 0 Å². The lowest BCUT2D eigenvalue weighted by molar-refractivity contribution is -0.305. The summed E-state index contributed by atoms with van der Waals surface area (Å²) in [5, 5.41) is 15.4. The van der Waals surface area contributed by atoms with Gasteiger partial charge in [0.15, 0.2) is 0 Å². The van der Waals surface area contributed by atoms with Gasteiger partial charge in [-0.15, -0.1) is 0 Å². The number of carbonyl (C=O) groups excluding carboxylic acids is 3. The molecule has 0 aliphatic heterocycles. The molecule has 0 saturated heterocycles. The molecular formula is C13H15N2O5-. The van der Waals surface area contributed by atoms with Crippen LogP contribution in [0.2, 0.25) is 0 Å². The molecule has 7 nitrogen and oxygen atoms in total. The van der Waals surface area contributed by atoms with E-state index in [2.05, 4.69) is 10.6 Å². The molecule has 0 heterocycles. The molecule has 2 amide bonds. The third-order valence-electron chi connectivity index (χ3n) is 2.35. The molecule has 0 atom stereocenters. The average Bonchev–Trinajstić information content (AvgIpc) is 2.37. The summed E-state index contributed by atoms with van der Waals surface area (Å²) in [7, 11) is 1.43. The van der Waals surface area contributed by atoms with Crippen LogP contribution in [0.1, 0.15) is 19.8 Å². The number of aliphatic carboxylic acids is 1. The van der Waals surface area contributed by atoms with Crippen molar-refractivity contribution in [1.29, 1.82) is 0 Å². The fourth-order valence-electron chi connectivity index (χ4n) is 1.50. The zero-order valence-corrected chi connectivity index (χ0v) is 11.2. The zero-order valence-electron chi connectivity index (χ0n) is 11.2. The Morgan fingerprint density at radius 1 is 1.20 bits per heavy atom. The molecule has 0 bridgehead atoms. The monoisotopic (exact) mass is 279 g/mol. The largest absolute Gasteiger partial charge is 0.550 e. The Morgan fingerprint density at radius 3 is 2.45 bits per heavy atom. The molecule has 0 aromatic heterocycles. The van der Waals surface area contributed by atoms with E-state index in [4.69, 9.17) is 4.74 Å². The Kier molecular flexibility index (Phi) is 5.52. The molecule has 7 heteroatoms. The minimum absolute atomic E-state index is 0.169. The molecule has 0 unspecified atom stereocenters. The van der Waals surface area contributed by atoms with Crippen LogP contribution in [0.15, 0.2) is 18.2 Å². The van der Waals surface area contributed by atoms with Crippen molar-refractivity contribution in [3.05, 3.63) is 18.2 Å². The van der Waals surface area contributed by atoms with Gasteiger partial charge in [0.2, 0.25) is 11.8 Å². The number of amides is 2. The molecule has 0 aliphatic carbocycles. The molecule has 0 fully saturated rings. The summed E-state index contributed by atoms with van der Waals surface area (Å²) in [6.07, 6.45) is -0.509. The summed E-state index contributed by atoms with van der Waals surface area (Å²) in [6, 6.07) is 4.68. The average molecular weight is 279 g/mol. The molecule has 0 radical (unpaired) electrons. The van der Waals surface area contributed by atoms with Crippen molar-refractivity contribution >= 4 is 29.2 Å². The van der Waals surface area contributed by atoms with Crippen LogP contribution in [0.25, 0.3) is 0 Å². The molecule has 0 aliphatic rings. The number of hydrogen-bond acceptors (Lipinski definition) is 5. The van der Waals surface area contributed by atoms with Crippen molar-refractivity contribution in [2.24, 2.45) is 0 Å². The normalized spacial score (nSPS) is 9.70. The Labute approximate surface area is 115 Å². The number of carboxylic acids is 1. The van der Waals surface area contributed by atoms with E-state index in [1.807, 2.05) is 0 Å². The number of hydrogen-bond donors (Lipinski definition) is 2. The summed E-state index contributed by atoms with van der Waals surface area (Å²) in [5.41, 5.74) is 0.923. The van der Waals surface area contributed by atoms with Crippen molar-refractivity contribution in [3.63, 3.8) is 0 Å². The first-order valence-electron chi connectivity index (χ1n) is 5.87. The van der Waals surface area contributed by atoms with Gasteiger partial charge in [0, 0.05) is 31.1 Å². The first kappa shape index (κ1) is 15.5. The summed E-state index contributed by atoms with van der Waals surface area (Å²) in [5.74, 6) is -1.57. The SMILES string of the molecule is COc1cc(NC(=O)CCC(=O)[O-])ccc1NC(C)=O. The first-order chi connectivity index (χ1) is 9.42. The fraction of sp³-hybridized carbons (Fsp3) is 0.308. The van der Waals surface area contributed by atoms with Crippen LogP contribution >= 0.6 is 0 Å². The Hall–Kier alpha value is -2.57. The van der Waals surface area contributed by atoms with Gasteiger partial charge in [-0.1, -0.05) is 0 Å². The summed E-state index contributed by atoms with van der Waals surface area (Å²) >= 11 is 0. The second-order valence-electron chi connectivity index (χ2n) is 4.02. The van der Waals surface area contributed by atoms with Gasteiger partial charge >= 0.3 is 0 Å². The predicted octanol–water partition coefficient (Wildman–Crippen LogP) is 0.122. The van der Waals surface area contributed by atoms with Gasteiger partial charge in [0.05, 0.1) is 12.8 Å². The number of anilines is 2. The number of benzene rings is 1. The van der Waals surface area contributed by atoms with E-state index in [1.54, 1.807) is 12.1 Å². The maximum atomic E-state index is 11.5. The fourth-order valence-corrected chi connectivity index (χ4v) is 1.50. The molecule has 0 spiro atoms. The molecular weight excluding hydrogens is 264 g/mol. The van der Waals surface area contributed by atoms with Gasteiger partial charge in [0.1, 0.15) is 5.75 Å². The predicted molar refractivity (Wildman–Crippen MR) is 70.2 cm³/mol. The van der Waals surface area contributed by atoms with E-state index in [0.717, 1.165) is 0 Å². The lowest BCUT2D eigenvalue weighted by Crippen LogP contribution is -2.24. The van der Waals surface area contributed by atoms with Gasteiger partial charge in [-0.25, -0.2) is 0 Å². The van der Waals surface area contributed by atoms with E-state index in [9.17, 15) is 19.5 Å². The number of carbonyl (C=O) groups is 3. The lowest BCUT2D eigenvalue weighted by atomic mass is 10.2. The standard InChI is InChI=1S/C13H16N2O5/c1-8(16)14-10-4-3-9(7-11(10)20-2)15-12(17)5-6-13(18)19/h3-4,7H,5-6H2,1-2H3,(H,14,16)(H,15,17)(H,18,19)/p-1. The molecule has 1 aromatic rings. The number of rotatable bonds is 6. The van der Waals surface area contributed by atoms with Gasteiger partial charge < -0.3 is 25.3 Å². The van der Waals surface area contributed by atoms with Crippen LogP contribution in [0.3, 0.4) is 0 Å². The maximum absolute atomic E-state index is 11.5. The highest BCUT2D eigenvalue weighted by Crippen LogP contribution is 2.28. The van der Waals surface area contributed by atoms with Crippen LogP contribution in [0, 0.1) is 0 Å². The highest BCUT2D eigenvalue weighted by Gasteiger charge is 2.08. The molecule has 1 aromatic carbocycles. The third kappa shape index (κ3) is 4.97. The summed E-state index contributed by atoms with van der Waals surface area (Å²) in [4.78, 5) is 32.7. The maximum Gasteiger partial charge on any atom is 0.224 e. The second kappa shape index (κ2) is 7.13. The Balaban J connectivity index is 2.74. The Morgan fingerprint density at radius 2 is 1.90 bits per heavy atom. The third-order valence-corrected chi connectivity index (χ3v) is 2.35. The van der Waals surface area contributed by atoms with Crippen molar-refractivity contribution in [2.75, 3.05) is 17.7 Å². The minimum Gasteiger partial charge on any atom is -0.550 e. The highest BCUT2D eigenvalue weighted by atomic mass is 16.5. The first-order valence-corrected chi connectivity index (χ1v) is 5.87. The van der Waals surface area contributed by atoms with Crippen molar-refractivity contribution in [1.82, 2.24) is 0 Å². The number of carboxylic acid groups (broad SMARTS) is 1. The molecule has 108 valence electrons. The zero-order chi connectivity index (χ0) is 15.1. The van der Waals surface area contributed by atoms with Gasteiger partial charge in [-0.3, -0.25) is 9.59 Å². The Bertz CT molecular complexity index is 527. The van der Waals surface area contributed by atoms with Crippen LogP contribution in [0.4, 0.5) is 11.4 Å². The van der Waals surface area contributed by atoms with Crippen LogP contribution in [-0.4, -0.2) is 24.9 Å². The van der Waals surface area contributed by atoms with Gasteiger partial charge in [-0.2, -0.15) is 0 Å². The molecule has 0 saturated carbocycles. The molecule has 2 N–H and O–H groups in total. The number of nitrogens with one attached hydrogen (secondary N) is 2. The van der Waals surface area contributed by atoms with Crippen molar-refractivity contribution < 1.29 is 24.2 Å². The lowest BCUT2D eigenvalue weighted by Gasteiger charge is -2.12. The van der Waals surface area contributed by atoms with E-state index < -0.39 is 11.9 Å². The number of methoxy groups -OCH3 is 1. The molecule has 20 heavy (non-hydrogen) atoms. The van der Waals surface area contributed by atoms with E-state index in [1.165, 1.54) is 20.1 Å². The van der Waals surface area contributed by atoms with Gasteiger partial charge in [0.25, 0.3) is 0 Å². The van der Waals surface area contributed by atoms with Gasteiger partial charge in [-0.05, 0) is 18.6 Å². The highest BCUT2D eigenvalue weighted by molar-refractivity contribution is 5.94. The van der Waals surface area contributed by atoms with Crippen LogP contribution in [0.5, 0.6) is 5.75 Å². The number of ether oxygens (including phenoxy) is 1. The topological polar surface area (TPSA) is 108 Å². The second-order valence-corrected chi connectivity index (χ2v) is 4.02. The smallest absolute Gasteiger partial charge is 0.224 e. The summed E-state index contributed by atoms with van der Waals surface area (Å²) < 4.78 is 5.10. The van der Waals surface area contributed by atoms with Crippen molar-refractivity contribution in [3.8, 4) is 5.75 Å². The minimum atomic E-state index is -1.28.